The molecule has 1 amide bonds. The molecule has 1 heterocycles. The lowest BCUT2D eigenvalue weighted by molar-refractivity contribution is -0.140. The Bertz CT molecular complexity index is 1010. The number of amides is 1. The van der Waals surface area contributed by atoms with Gasteiger partial charge in [-0.1, -0.05) is 42.0 Å². The van der Waals surface area contributed by atoms with Gasteiger partial charge in [0, 0.05) is 24.2 Å². The second-order valence-corrected chi connectivity index (χ2v) is 7.74. The number of nitrogens with zero attached hydrogens (tertiary/aromatic N) is 2. The molecule has 0 spiro atoms. The highest BCUT2D eigenvalue weighted by atomic mass is 16.5. The van der Waals surface area contributed by atoms with E-state index in [1.54, 1.807) is 30.3 Å². The Balaban J connectivity index is 2.23. The number of hydrogen-bond donors (Lipinski definition) is 1. The van der Waals surface area contributed by atoms with Gasteiger partial charge in [0.25, 0.3) is 11.7 Å². The zero-order chi connectivity index (χ0) is 22.7. The first-order valence-corrected chi connectivity index (χ1v) is 10.0. The topological polar surface area (TPSA) is 79.3 Å². The van der Waals surface area contributed by atoms with Gasteiger partial charge in [0.2, 0.25) is 0 Å². The molecule has 164 valence electrons. The highest BCUT2D eigenvalue weighted by molar-refractivity contribution is 6.46. The van der Waals surface area contributed by atoms with Gasteiger partial charge in [-0.15, -0.1) is 0 Å². The summed E-state index contributed by atoms with van der Waals surface area (Å²) in [4.78, 5) is 29.5. The number of benzene rings is 2. The van der Waals surface area contributed by atoms with Gasteiger partial charge in [-0.3, -0.25) is 9.59 Å². The minimum atomic E-state index is -0.800. The van der Waals surface area contributed by atoms with Gasteiger partial charge in [-0.2, -0.15) is 0 Å². The summed E-state index contributed by atoms with van der Waals surface area (Å²) in [6.07, 6.45) is 0. The van der Waals surface area contributed by atoms with Crippen molar-refractivity contribution in [1.82, 2.24) is 9.80 Å². The summed E-state index contributed by atoms with van der Waals surface area (Å²) in [5, 5.41) is 11.1. The molecule has 0 aromatic heterocycles. The van der Waals surface area contributed by atoms with Crippen molar-refractivity contribution in [3.63, 3.8) is 0 Å². The molecule has 2 aromatic carbocycles. The number of hydrogen-bond acceptors (Lipinski definition) is 6. The van der Waals surface area contributed by atoms with E-state index >= 15 is 0 Å². The van der Waals surface area contributed by atoms with Crippen LogP contribution in [-0.4, -0.2) is 68.0 Å². The molecular formula is C24H28N2O5. The van der Waals surface area contributed by atoms with Crippen LogP contribution < -0.4 is 9.47 Å². The molecule has 1 unspecified atom stereocenters. The molecule has 0 saturated carbocycles. The fraction of sp³-hybridized carbons (Fsp3) is 0.333. The minimum absolute atomic E-state index is 0.0409. The molecule has 1 aliphatic rings. The SMILES string of the molecule is COc1cccc(C2/C(=C(\O)c3ccc(C)cc3)C(=O)C(=O)N2CCN(C)C)c1OC. The van der Waals surface area contributed by atoms with Crippen LogP contribution in [0.1, 0.15) is 22.7 Å². The highest BCUT2D eigenvalue weighted by Gasteiger charge is 2.47. The molecule has 1 N–H and O–H groups in total. The summed E-state index contributed by atoms with van der Waals surface area (Å²) in [6.45, 7) is 2.80. The van der Waals surface area contributed by atoms with E-state index in [2.05, 4.69) is 0 Å². The molecule has 0 radical (unpaired) electrons. The van der Waals surface area contributed by atoms with Gasteiger partial charge >= 0.3 is 0 Å². The lowest BCUT2D eigenvalue weighted by Crippen LogP contribution is -2.35. The number of carbonyl (C=O) groups excluding carboxylic acids is 2. The number of aryl methyl sites for hydroxylation is 1. The molecule has 0 aliphatic carbocycles. The van der Waals surface area contributed by atoms with Crippen LogP contribution in [0.4, 0.5) is 0 Å². The molecule has 2 aromatic rings. The van der Waals surface area contributed by atoms with E-state index in [0.717, 1.165) is 5.56 Å². The van der Waals surface area contributed by atoms with E-state index < -0.39 is 17.7 Å². The van der Waals surface area contributed by atoms with Gasteiger partial charge in [-0.25, -0.2) is 0 Å². The van der Waals surface area contributed by atoms with Gasteiger partial charge in [0.05, 0.1) is 25.8 Å². The van der Waals surface area contributed by atoms with Crippen LogP contribution >= 0.6 is 0 Å². The van der Waals surface area contributed by atoms with Crippen molar-refractivity contribution in [2.24, 2.45) is 0 Å². The fourth-order valence-corrected chi connectivity index (χ4v) is 3.74. The van der Waals surface area contributed by atoms with Crippen molar-refractivity contribution >= 4 is 17.4 Å². The Hall–Kier alpha value is -3.32. The van der Waals surface area contributed by atoms with Crippen LogP contribution in [0.15, 0.2) is 48.0 Å². The molecule has 0 bridgehead atoms. The maximum Gasteiger partial charge on any atom is 0.295 e. The minimum Gasteiger partial charge on any atom is -0.507 e. The molecule has 1 saturated heterocycles. The summed E-state index contributed by atoms with van der Waals surface area (Å²) in [6, 6.07) is 11.7. The average molecular weight is 424 g/mol. The summed E-state index contributed by atoms with van der Waals surface area (Å²) >= 11 is 0. The Morgan fingerprint density at radius 1 is 1.06 bits per heavy atom. The third kappa shape index (κ3) is 4.27. The number of ketones is 1. The van der Waals surface area contributed by atoms with Crippen molar-refractivity contribution in [2.75, 3.05) is 41.4 Å². The molecule has 7 nitrogen and oxygen atoms in total. The second-order valence-electron chi connectivity index (χ2n) is 7.74. The number of methoxy groups -OCH3 is 2. The first-order valence-electron chi connectivity index (χ1n) is 10.0. The number of rotatable bonds is 7. The Kier molecular flexibility index (Phi) is 6.65. The molecule has 1 fully saturated rings. The van der Waals surface area contributed by atoms with Crippen molar-refractivity contribution in [3.05, 3.63) is 64.7 Å². The monoisotopic (exact) mass is 424 g/mol. The molecule has 3 rings (SSSR count). The average Bonchev–Trinajstić information content (AvgIpc) is 3.01. The summed E-state index contributed by atoms with van der Waals surface area (Å²) in [5.41, 5.74) is 2.12. The Labute approximate surface area is 182 Å². The lowest BCUT2D eigenvalue weighted by Gasteiger charge is -2.28. The van der Waals surface area contributed by atoms with Crippen molar-refractivity contribution in [1.29, 1.82) is 0 Å². The van der Waals surface area contributed by atoms with E-state index in [1.807, 2.05) is 38.1 Å². The lowest BCUT2D eigenvalue weighted by atomic mass is 9.94. The summed E-state index contributed by atoms with van der Waals surface area (Å²) in [7, 11) is 6.82. The van der Waals surface area contributed by atoms with E-state index in [0.29, 0.717) is 35.7 Å². The number of aliphatic hydroxyl groups is 1. The zero-order valence-electron chi connectivity index (χ0n) is 18.5. The van der Waals surface area contributed by atoms with Crippen molar-refractivity contribution in [2.45, 2.75) is 13.0 Å². The molecule has 1 atom stereocenters. The van der Waals surface area contributed by atoms with Gasteiger partial charge in [0.1, 0.15) is 5.76 Å². The molecule has 31 heavy (non-hydrogen) atoms. The van der Waals surface area contributed by atoms with E-state index in [1.165, 1.54) is 19.1 Å². The van der Waals surface area contributed by atoms with E-state index in [9.17, 15) is 14.7 Å². The van der Waals surface area contributed by atoms with Gasteiger partial charge in [-0.05, 0) is 27.1 Å². The first-order chi connectivity index (χ1) is 14.8. The summed E-state index contributed by atoms with van der Waals surface area (Å²) < 4.78 is 11.0. The third-order valence-electron chi connectivity index (χ3n) is 5.38. The number of para-hydroxylation sites is 1. The van der Waals surface area contributed by atoms with Crippen LogP contribution in [0, 0.1) is 6.92 Å². The molecule has 7 heteroatoms. The maximum absolute atomic E-state index is 13.1. The maximum atomic E-state index is 13.1. The quantitative estimate of drug-likeness (QED) is 0.418. The number of aliphatic hydroxyl groups excluding tert-OH is 1. The fourth-order valence-electron chi connectivity index (χ4n) is 3.74. The van der Waals surface area contributed by atoms with Crippen LogP contribution in [-0.2, 0) is 9.59 Å². The van der Waals surface area contributed by atoms with Crippen LogP contribution in [0.5, 0.6) is 11.5 Å². The predicted octanol–water partition coefficient (Wildman–Crippen LogP) is 3.00. The zero-order valence-corrected chi connectivity index (χ0v) is 18.5. The standard InChI is InChI=1S/C24H28N2O5/c1-15-9-11-16(12-10-15)21(27)19-20(17-7-6-8-18(30-4)23(17)31-5)26(14-13-25(2)3)24(29)22(19)28/h6-12,20,27H,13-14H2,1-5H3/b21-19+. The highest BCUT2D eigenvalue weighted by Crippen LogP contribution is 2.45. The van der Waals surface area contributed by atoms with E-state index in [4.69, 9.17) is 9.47 Å². The second kappa shape index (κ2) is 9.22. The van der Waals surface area contributed by atoms with Crippen molar-refractivity contribution < 1.29 is 24.2 Å². The number of likely N-dealkylation sites (tertiary alicyclic amines) is 1. The normalized spacial score (nSPS) is 18.0. The largest absolute Gasteiger partial charge is 0.507 e. The van der Waals surface area contributed by atoms with Crippen LogP contribution in [0.2, 0.25) is 0 Å². The number of Topliss-reactive ketones (excluding diaryl/α,β-unsaturated/α-hetero) is 1. The van der Waals surface area contributed by atoms with Gasteiger partial charge < -0.3 is 24.4 Å². The third-order valence-corrected chi connectivity index (χ3v) is 5.38. The van der Waals surface area contributed by atoms with Crippen LogP contribution in [0.25, 0.3) is 5.76 Å². The van der Waals surface area contributed by atoms with Crippen molar-refractivity contribution in [3.8, 4) is 11.5 Å². The number of carbonyl (C=O) groups is 2. The predicted molar refractivity (Wildman–Crippen MR) is 118 cm³/mol. The molecular weight excluding hydrogens is 396 g/mol. The smallest absolute Gasteiger partial charge is 0.295 e. The van der Waals surface area contributed by atoms with E-state index in [-0.39, 0.29) is 11.3 Å². The summed E-state index contributed by atoms with van der Waals surface area (Å²) in [5.74, 6) is -0.673. The molecule has 1 aliphatic heterocycles. The Morgan fingerprint density at radius 2 is 1.74 bits per heavy atom. The Morgan fingerprint density at radius 3 is 2.32 bits per heavy atom. The number of ether oxygens (including phenoxy) is 2. The van der Waals surface area contributed by atoms with Gasteiger partial charge in [0.15, 0.2) is 11.5 Å². The van der Waals surface area contributed by atoms with Crippen LogP contribution in [0.3, 0.4) is 0 Å². The number of likely N-dealkylation sites (N-methyl/N-ethyl adjacent to an activating group) is 1. The first kappa shape index (κ1) is 22.4.